The first kappa shape index (κ1) is 13.1. The monoisotopic (exact) mass is 247 g/mol. The average Bonchev–Trinajstić information content (AvgIpc) is 2.46. The molecule has 1 aromatic rings. The molecule has 0 bridgehead atoms. The highest BCUT2D eigenvalue weighted by Crippen LogP contribution is 2.20. The summed E-state index contributed by atoms with van der Waals surface area (Å²) in [5.74, 6) is -0.170. The molecule has 1 heterocycles. The molecule has 0 aromatic heterocycles. The van der Waals surface area contributed by atoms with Crippen molar-refractivity contribution < 1.29 is 9.53 Å². The van der Waals surface area contributed by atoms with E-state index in [2.05, 4.69) is 17.4 Å². The van der Waals surface area contributed by atoms with Gasteiger partial charge in [0.25, 0.3) is 0 Å². The maximum atomic E-state index is 12.0. The van der Waals surface area contributed by atoms with Crippen LogP contribution in [-0.2, 0) is 16.0 Å². The molecule has 0 spiro atoms. The molecule has 18 heavy (non-hydrogen) atoms. The first-order valence-electron chi connectivity index (χ1n) is 6.66. The van der Waals surface area contributed by atoms with Crippen LogP contribution >= 0.6 is 0 Å². The minimum atomic E-state index is -0.0988. The Balaban J connectivity index is 2.07. The topological polar surface area (TPSA) is 38.3 Å². The second kappa shape index (κ2) is 6.55. The van der Waals surface area contributed by atoms with Crippen LogP contribution in [0.5, 0.6) is 0 Å². The fourth-order valence-electron chi connectivity index (χ4n) is 2.63. The Morgan fingerprint density at radius 1 is 1.39 bits per heavy atom. The zero-order valence-electron chi connectivity index (χ0n) is 10.9. The molecule has 0 aliphatic carbocycles. The SMILES string of the molecule is COC(=O)C(Cc1ccccc1)C1CCCCN1. The fraction of sp³-hybridized carbons (Fsp3) is 0.533. The van der Waals surface area contributed by atoms with Gasteiger partial charge in [0.15, 0.2) is 0 Å². The number of methoxy groups -OCH3 is 1. The first-order chi connectivity index (χ1) is 8.81. The number of hydrogen-bond acceptors (Lipinski definition) is 3. The summed E-state index contributed by atoms with van der Waals surface area (Å²) in [7, 11) is 1.48. The third kappa shape index (κ3) is 3.33. The summed E-state index contributed by atoms with van der Waals surface area (Å²) in [4.78, 5) is 12.0. The zero-order valence-corrected chi connectivity index (χ0v) is 10.9. The largest absolute Gasteiger partial charge is 0.469 e. The number of ether oxygens (including phenoxy) is 1. The number of benzene rings is 1. The molecule has 98 valence electrons. The van der Waals surface area contributed by atoms with Gasteiger partial charge in [0.2, 0.25) is 0 Å². The summed E-state index contributed by atoms with van der Waals surface area (Å²) in [6.45, 7) is 1.01. The highest BCUT2D eigenvalue weighted by molar-refractivity contribution is 5.73. The van der Waals surface area contributed by atoms with Gasteiger partial charge in [-0.1, -0.05) is 36.8 Å². The summed E-state index contributed by atoms with van der Waals surface area (Å²) >= 11 is 0. The average molecular weight is 247 g/mol. The Kier molecular flexibility index (Phi) is 4.76. The second-order valence-electron chi connectivity index (χ2n) is 4.88. The lowest BCUT2D eigenvalue weighted by Gasteiger charge is -2.29. The van der Waals surface area contributed by atoms with E-state index < -0.39 is 0 Å². The van der Waals surface area contributed by atoms with E-state index in [0.29, 0.717) is 0 Å². The van der Waals surface area contributed by atoms with Crippen LogP contribution < -0.4 is 5.32 Å². The number of nitrogens with one attached hydrogen (secondary N) is 1. The fourth-order valence-corrected chi connectivity index (χ4v) is 2.63. The van der Waals surface area contributed by atoms with Gasteiger partial charge in [0.05, 0.1) is 13.0 Å². The normalized spacial score (nSPS) is 21.3. The van der Waals surface area contributed by atoms with Crippen molar-refractivity contribution in [2.45, 2.75) is 31.7 Å². The molecular formula is C15H21NO2. The van der Waals surface area contributed by atoms with Crippen LogP contribution in [0.25, 0.3) is 0 Å². The molecule has 2 atom stereocenters. The smallest absolute Gasteiger partial charge is 0.310 e. The van der Waals surface area contributed by atoms with E-state index in [9.17, 15) is 4.79 Å². The van der Waals surface area contributed by atoms with E-state index >= 15 is 0 Å². The molecule has 1 aliphatic rings. The Morgan fingerprint density at radius 2 is 2.17 bits per heavy atom. The Bertz CT molecular complexity index is 371. The predicted octanol–water partition coefficient (Wildman–Crippen LogP) is 2.16. The van der Waals surface area contributed by atoms with Crippen LogP contribution in [0.3, 0.4) is 0 Å². The van der Waals surface area contributed by atoms with Gasteiger partial charge < -0.3 is 10.1 Å². The molecule has 0 saturated carbocycles. The van der Waals surface area contributed by atoms with Crippen molar-refractivity contribution in [1.82, 2.24) is 5.32 Å². The quantitative estimate of drug-likeness (QED) is 0.829. The molecule has 1 aromatic carbocycles. The van der Waals surface area contributed by atoms with Crippen LogP contribution in [-0.4, -0.2) is 25.7 Å². The summed E-state index contributed by atoms with van der Waals surface area (Å²) in [6, 6.07) is 10.4. The van der Waals surface area contributed by atoms with Crippen molar-refractivity contribution in [2.75, 3.05) is 13.7 Å². The van der Waals surface area contributed by atoms with Crippen LogP contribution in [0, 0.1) is 5.92 Å². The number of carbonyl (C=O) groups excluding carboxylic acids is 1. The first-order valence-corrected chi connectivity index (χ1v) is 6.66. The third-order valence-corrected chi connectivity index (χ3v) is 3.64. The van der Waals surface area contributed by atoms with Crippen LogP contribution in [0.4, 0.5) is 0 Å². The summed E-state index contributed by atoms with van der Waals surface area (Å²) < 4.78 is 4.96. The van der Waals surface area contributed by atoms with Crippen LogP contribution in [0.2, 0.25) is 0 Å². The molecule has 1 saturated heterocycles. The Morgan fingerprint density at radius 3 is 2.78 bits per heavy atom. The lowest BCUT2D eigenvalue weighted by atomic mass is 9.87. The molecule has 3 heteroatoms. The standard InChI is InChI=1S/C15H21NO2/c1-18-15(17)13(14-9-5-6-10-16-14)11-12-7-3-2-4-8-12/h2-4,7-8,13-14,16H,5-6,9-11H2,1H3. The number of rotatable bonds is 4. The lowest BCUT2D eigenvalue weighted by molar-refractivity contribution is -0.146. The number of esters is 1. The molecule has 0 radical (unpaired) electrons. The van der Waals surface area contributed by atoms with Crippen molar-refractivity contribution >= 4 is 5.97 Å². The molecule has 1 fully saturated rings. The van der Waals surface area contributed by atoms with Gasteiger partial charge in [-0.2, -0.15) is 0 Å². The summed E-state index contributed by atoms with van der Waals surface area (Å²) in [5.41, 5.74) is 1.19. The second-order valence-corrected chi connectivity index (χ2v) is 4.88. The molecule has 2 unspecified atom stereocenters. The van der Waals surface area contributed by atoms with Crippen molar-refractivity contribution in [1.29, 1.82) is 0 Å². The van der Waals surface area contributed by atoms with Crippen molar-refractivity contribution in [3.05, 3.63) is 35.9 Å². The minimum Gasteiger partial charge on any atom is -0.469 e. The van der Waals surface area contributed by atoms with E-state index in [1.165, 1.54) is 25.5 Å². The van der Waals surface area contributed by atoms with Crippen LogP contribution in [0.15, 0.2) is 30.3 Å². The van der Waals surface area contributed by atoms with Crippen LogP contribution in [0.1, 0.15) is 24.8 Å². The van der Waals surface area contributed by atoms with Gasteiger partial charge in [-0.15, -0.1) is 0 Å². The van der Waals surface area contributed by atoms with Crippen molar-refractivity contribution in [2.24, 2.45) is 5.92 Å². The van der Waals surface area contributed by atoms with Gasteiger partial charge in [-0.25, -0.2) is 0 Å². The van der Waals surface area contributed by atoms with E-state index in [0.717, 1.165) is 19.4 Å². The number of carbonyl (C=O) groups is 1. The zero-order chi connectivity index (χ0) is 12.8. The van der Waals surface area contributed by atoms with Gasteiger partial charge in [-0.3, -0.25) is 4.79 Å². The number of hydrogen-bond donors (Lipinski definition) is 1. The third-order valence-electron chi connectivity index (χ3n) is 3.64. The van der Waals surface area contributed by atoms with Gasteiger partial charge in [-0.05, 0) is 31.4 Å². The van der Waals surface area contributed by atoms with Crippen molar-refractivity contribution in [3.8, 4) is 0 Å². The predicted molar refractivity (Wildman–Crippen MR) is 71.3 cm³/mol. The molecule has 1 N–H and O–H groups in total. The maximum absolute atomic E-state index is 12.0. The number of piperidine rings is 1. The molecule has 2 rings (SSSR count). The molecule has 1 aliphatic heterocycles. The summed E-state index contributed by atoms with van der Waals surface area (Å²) in [5, 5.41) is 3.45. The van der Waals surface area contributed by atoms with E-state index in [4.69, 9.17) is 4.74 Å². The Labute approximate surface area is 109 Å². The lowest BCUT2D eigenvalue weighted by Crippen LogP contribution is -2.44. The molecule has 0 amide bonds. The molecule has 3 nitrogen and oxygen atoms in total. The van der Waals surface area contributed by atoms with E-state index in [1.807, 2.05) is 18.2 Å². The van der Waals surface area contributed by atoms with E-state index in [-0.39, 0.29) is 17.9 Å². The highest BCUT2D eigenvalue weighted by Gasteiger charge is 2.30. The minimum absolute atomic E-state index is 0.0716. The van der Waals surface area contributed by atoms with E-state index in [1.54, 1.807) is 0 Å². The Hall–Kier alpha value is -1.35. The van der Waals surface area contributed by atoms with Crippen molar-refractivity contribution in [3.63, 3.8) is 0 Å². The van der Waals surface area contributed by atoms with Gasteiger partial charge >= 0.3 is 5.97 Å². The summed E-state index contributed by atoms with van der Waals surface area (Å²) in [6.07, 6.45) is 4.22. The molecular weight excluding hydrogens is 226 g/mol. The maximum Gasteiger partial charge on any atom is 0.310 e. The van der Waals surface area contributed by atoms with Gasteiger partial charge in [0, 0.05) is 6.04 Å². The highest BCUT2D eigenvalue weighted by atomic mass is 16.5. The van der Waals surface area contributed by atoms with Gasteiger partial charge in [0.1, 0.15) is 0 Å².